The Labute approximate surface area is 182 Å². The maximum atomic E-state index is 6.63. The van der Waals surface area contributed by atoms with Crippen molar-refractivity contribution < 1.29 is 9.47 Å². The van der Waals surface area contributed by atoms with Crippen LogP contribution in [0.25, 0.3) is 5.69 Å². The van der Waals surface area contributed by atoms with E-state index in [9.17, 15) is 0 Å². The molecular weight excluding hydrogens is 388 g/mol. The fraction of sp³-hybridized carbons (Fsp3) is 0.400. The second kappa shape index (κ2) is 7.11. The van der Waals surface area contributed by atoms with Crippen molar-refractivity contribution in [3.05, 3.63) is 72.3 Å². The molecule has 0 radical (unpaired) electrons. The lowest BCUT2D eigenvalue weighted by molar-refractivity contribution is -0.0451. The van der Waals surface area contributed by atoms with Crippen LogP contribution in [-0.2, 0) is 16.8 Å². The second-order valence-electron chi connectivity index (χ2n) is 9.14. The van der Waals surface area contributed by atoms with Gasteiger partial charge in [0, 0.05) is 50.7 Å². The molecule has 0 amide bonds. The summed E-state index contributed by atoms with van der Waals surface area (Å²) in [5.74, 6) is 0.870. The summed E-state index contributed by atoms with van der Waals surface area (Å²) < 4.78 is 14.4. The van der Waals surface area contributed by atoms with Crippen molar-refractivity contribution in [1.82, 2.24) is 14.5 Å². The van der Waals surface area contributed by atoms with Crippen LogP contribution in [0.1, 0.15) is 30.5 Å². The zero-order valence-corrected chi connectivity index (χ0v) is 17.9. The maximum absolute atomic E-state index is 6.63. The van der Waals surface area contributed by atoms with Gasteiger partial charge in [0.25, 0.3) is 0 Å². The fourth-order valence-corrected chi connectivity index (χ4v) is 5.62. The first kappa shape index (κ1) is 18.9. The van der Waals surface area contributed by atoms with E-state index in [4.69, 9.17) is 9.47 Å². The minimum atomic E-state index is -0.200. The van der Waals surface area contributed by atoms with E-state index in [1.807, 2.05) is 24.5 Å². The van der Waals surface area contributed by atoms with Gasteiger partial charge in [0.05, 0.1) is 36.4 Å². The van der Waals surface area contributed by atoms with Crippen LogP contribution < -0.4 is 10.1 Å². The molecule has 0 saturated carbocycles. The molecule has 0 aliphatic carbocycles. The molecule has 3 aliphatic heterocycles. The van der Waals surface area contributed by atoms with E-state index in [-0.39, 0.29) is 11.1 Å². The minimum absolute atomic E-state index is 0.0656. The first-order valence-electron chi connectivity index (χ1n) is 11.1. The molecule has 0 unspecified atom stereocenters. The average molecular weight is 417 g/mol. The number of piperidine rings is 1. The smallest absolute Gasteiger partial charge is 0.121 e. The first-order chi connectivity index (χ1) is 15.2. The van der Waals surface area contributed by atoms with Gasteiger partial charge >= 0.3 is 0 Å². The molecule has 0 bridgehead atoms. The van der Waals surface area contributed by atoms with E-state index in [0.717, 1.165) is 50.3 Å². The monoisotopic (exact) mass is 416 g/mol. The average Bonchev–Trinajstić information content (AvgIpc) is 3.43. The number of anilines is 1. The molecule has 5 heterocycles. The van der Waals surface area contributed by atoms with Gasteiger partial charge in [-0.15, -0.1) is 0 Å². The third-order valence-corrected chi connectivity index (χ3v) is 7.22. The number of likely N-dealkylation sites (tertiary alicyclic amines) is 1. The largest absolute Gasteiger partial charge is 0.497 e. The van der Waals surface area contributed by atoms with Crippen molar-refractivity contribution in [2.45, 2.75) is 36.9 Å². The highest BCUT2D eigenvalue weighted by molar-refractivity contribution is 5.69. The summed E-state index contributed by atoms with van der Waals surface area (Å²) in [5, 5.41) is 3.86. The summed E-state index contributed by atoms with van der Waals surface area (Å²) in [6.45, 7) is 3.76. The molecule has 31 heavy (non-hydrogen) atoms. The number of ether oxygens (including phenoxy) is 2. The minimum Gasteiger partial charge on any atom is -0.497 e. The lowest BCUT2D eigenvalue weighted by atomic mass is 9.79. The highest BCUT2D eigenvalue weighted by Gasteiger charge is 2.53. The molecule has 160 valence electrons. The van der Waals surface area contributed by atoms with E-state index in [1.54, 1.807) is 7.11 Å². The van der Waals surface area contributed by atoms with Crippen LogP contribution in [0.5, 0.6) is 5.75 Å². The van der Waals surface area contributed by atoms with E-state index >= 15 is 0 Å². The van der Waals surface area contributed by atoms with Crippen LogP contribution in [0.4, 0.5) is 5.69 Å². The number of nitrogens with one attached hydrogen (secondary N) is 1. The van der Waals surface area contributed by atoms with Crippen molar-refractivity contribution in [1.29, 1.82) is 0 Å². The van der Waals surface area contributed by atoms with Gasteiger partial charge < -0.3 is 19.4 Å². The summed E-state index contributed by atoms with van der Waals surface area (Å²) in [4.78, 5) is 6.78. The number of rotatable bonds is 3. The van der Waals surface area contributed by atoms with Crippen LogP contribution >= 0.6 is 0 Å². The third kappa shape index (κ3) is 3.13. The van der Waals surface area contributed by atoms with Crippen LogP contribution in [-0.4, -0.2) is 46.9 Å². The molecule has 3 aromatic rings. The van der Waals surface area contributed by atoms with E-state index in [0.29, 0.717) is 6.61 Å². The summed E-state index contributed by atoms with van der Waals surface area (Å²) in [7, 11) is 1.72. The molecule has 2 aromatic heterocycles. The highest BCUT2D eigenvalue weighted by Crippen LogP contribution is 2.50. The number of benzene rings is 1. The van der Waals surface area contributed by atoms with Gasteiger partial charge in [-0.1, -0.05) is 6.07 Å². The van der Waals surface area contributed by atoms with E-state index < -0.39 is 0 Å². The first-order valence-corrected chi connectivity index (χ1v) is 11.1. The van der Waals surface area contributed by atoms with E-state index in [2.05, 4.69) is 56.3 Å². The molecule has 3 aliphatic rings. The molecule has 1 N–H and O–H groups in total. The standard InChI is InChI=1S/C25H28N4O2/c1-30-20-6-7-22-21(14-20)27-25(23-5-3-11-29(22)23)17-24(31-18-25)8-12-28(13-9-24)16-19-4-2-10-26-15-19/h2-7,10-11,14-15,27H,8-9,12-13,16-18H2,1H3/t25-/m0/s1. The normalized spacial score (nSPS) is 24.0. The zero-order valence-electron chi connectivity index (χ0n) is 17.9. The van der Waals surface area contributed by atoms with E-state index in [1.165, 1.54) is 16.9 Å². The summed E-state index contributed by atoms with van der Waals surface area (Å²) in [6, 6.07) is 14.8. The Morgan fingerprint density at radius 2 is 2.06 bits per heavy atom. The number of nitrogens with zero attached hydrogens (tertiary/aromatic N) is 3. The Balaban J connectivity index is 1.23. The number of hydrogen-bond donors (Lipinski definition) is 1. The van der Waals surface area contributed by atoms with Crippen molar-refractivity contribution >= 4 is 5.69 Å². The lowest BCUT2D eigenvalue weighted by Gasteiger charge is -2.41. The molecular formula is C25H28N4O2. The molecule has 1 aromatic carbocycles. The molecule has 6 nitrogen and oxygen atoms in total. The Bertz CT molecular complexity index is 1090. The van der Waals surface area contributed by atoms with Gasteiger partial charge in [0.15, 0.2) is 0 Å². The Kier molecular flexibility index (Phi) is 4.33. The van der Waals surface area contributed by atoms with Gasteiger partial charge in [-0.3, -0.25) is 9.88 Å². The van der Waals surface area contributed by atoms with Gasteiger partial charge in [-0.25, -0.2) is 0 Å². The van der Waals surface area contributed by atoms with Crippen molar-refractivity contribution in [2.24, 2.45) is 0 Å². The molecule has 2 spiro atoms. The maximum Gasteiger partial charge on any atom is 0.121 e. The topological polar surface area (TPSA) is 51.5 Å². The Morgan fingerprint density at radius 3 is 2.87 bits per heavy atom. The summed E-state index contributed by atoms with van der Waals surface area (Å²) in [5.41, 5.74) is 4.58. The molecule has 2 saturated heterocycles. The second-order valence-corrected chi connectivity index (χ2v) is 9.14. The van der Waals surface area contributed by atoms with Gasteiger partial charge in [-0.2, -0.15) is 0 Å². The van der Waals surface area contributed by atoms with Gasteiger partial charge in [0.2, 0.25) is 0 Å². The molecule has 6 rings (SSSR count). The van der Waals surface area contributed by atoms with Gasteiger partial charge in [0.1, 0.15) is 11.3 Å². The van der Waals surface area contributed by atoms with Crippen LogP contribution in [0, 0.1) is 0 Å². The quantitative estimate of drug-likeness (QED) is 0.701. The fourth-order valence-electron chi connectivity index (χ4n) is 5.62. The predicted molar refractivity (Wildman–Crippen MR) is 120 cm³/mol. The van der Waals surface area contributed by atoms with Crippen molar-refractivity contribution in [2.75, 3.05) is 32.1 Å². The Hall–Kier alpha value is -2.83. The SMILES string of the molecule is COc1ccc2c(c1)N[C@@]1(COC3(CCN(Cc4cccnc4)CC3)C1)c1cccn1-2. The van der Waals surface area contributed by atoms with Crippen LogP contribution in [0.2, 0.25) is 0 Å². The number of methoxy groups -OCH3 is 1. The zero-order chi connectivity index (χ0) is 20.9. The number of fused-ring (bicyclic) bond motifs is 4. The third-order valence-electron chi connectivity index (χ3n) is 7.22. The lowest BCUT2D eigenvalue weighted by Crippen LogP contribution is -2.46. The number of aromatic nitrogens is 2. The summed E-state index contributed by atoms with van der Waals surface area (Å²) in [6.07, 6.45) is 9.06. The van der Waals surface area contributed by atoms with Crippen LogP contribution in [0.3, 0.4) is 0 Å². The molecule has 6 heteroatoms. The molecule has 1 atom stereocenters. The van der Waals surface area contributed by atoms with Gasteiger partial charge in [-0.05, 0) is 48.7 Å². The van der Waals surface area contributed by atoms with Crippen LogP contribution in [0.15, 0.2) is 61.1 Å². The Morgan fingerprint density at radius 1 is 1.16 bits per heavy atom. The van der Waals surface area contributed by atoms with Crippen molar-refractivity contribution in [3.8, 4) is 11.4 Å². The van der Waals surface area contributed by atoms with Crippen molar-refractivity contribution in [3.63, 3.8) is 0 Å². The number of hydrogen-bond acceptors (Lipinski definition) is 5. The summed E-state index contributed by atoms with van der Waals surface area (Å²) >= 11 is 0. The predicted octanol–water partition coefficient (Wildman–Crippen LogP) is 3.96. The molecule has 2 fully saturated rings. The highest BCUT2D eigenvalue weighted by atomic mass is 16.5. The number of pyridine rings is 1.